The van der Waals surface area contributed by atoms with E-state index in [9.17, 15) is 9.59 Å². The molecule has 29 heavy (non-hydrogen) atoms. The molecule has 1 heterocycles. The van der Waals surface area contributed by atoms with Gasteiger partial charge in [0.05, 0.1) is 6.10 Å². The number of piperidine rings is 1. The number of carbonyl (C=O) groups excluding carboxylic acids is 2. The number of hydrogen-bond acceptors (Lipinski definition) is 5. The van der Waals surface area contributed by atoms with Crippen LogP contribution in [0.2, 0.25) is 0 Å². The first-order chi connectivity index (χ1) is 14.0. The topological polar surface area (TPSA) is 91.1 Å². The van der Waals surface area contributed by atoms with Crippen molar-refractivity contribution in [2.75, 3.05) is 27.0 Å². The van der Waals surface area contributed by atoms with E-state index >= 15 is 0 Å². The van der Waals surface area contributed by atoms with Crippen LogP contribution in [0, 0.1) is 0 Å². The Morgan fingerprint density at radius 3 is 2.45 bits per heavy atom. The van der Waals surface area contributed by atoms with Crippen molar-refractivity contribution >= 4 is 11.8 Å². The van der Waals surface area contributed by atoms with Crippen LogP contribution < -0.4 is 5.73 Å². The molecular formula is C22H34N2O5. The molecular weight excluding hydrogens is 372 g/mol. The Labute approximate surface area is 173 Å². The molecule has 2 rings (SSSR count). The number of benzene rings is 1. The Morgan fingerprint density at radius 2 is 1.86 bits per heavy atom. The van der Waals surface area contributed by atoms with Gasteiger partial charge in [-0.3, -0.25) is 9.59 Å². The van der Waals surface area contributed by atoms with Crippen LogP contribution in [0.4, 0.5) is 0 Å². The zero-order valence-corrected chi connectivity index (χ0v) is 17.5. The first-order valence-corrected chi connectivity index (χ1v) is 10.4. The third-order valence-electron chi connectivity index (χ3n) is 5.18. The molecule has 0 unspecified atom stereocenters. The summed E-state index contributed by atoms with van der Waals surface area (Å²) in [7, 11) is 1.60. The van der Waals surface area contributed by atoms with E-state index in [4.69, 9.17) is 19.9 Å². The minimum Gasteiger partial charge on any atom is -0.367 e. The minimum absolute atomic E-state index is 0.0930. The van der Waals surface area contributed by atoms with Gasteiger partial charge in [-0.2, -0.15) is 0 Å². The van der Waals surface area contributed by atoms with Gasteiger partial charge in [0.1, 0.15) is 19.0 Å². The third kappa shape index (κ3) is 7.76. The van der Waals surface area contributed by atoms with Gasteiger partial charge in [-0.15, -0.1) is 0 Å². The average molecular weight is 407 g/mol. The smallest absolute Gasteiger partial charge is 0.252 e. The lowest BCUT2D eigenvalue weighted by Gasteiger charge is -2.34. The Balaban J connectivity index is 2.05. The number of carbonyl (C=O) groups is 2. The van der Waals surface area contributed by atoms with E-state index in [1.165, 1.54) is 0 Å². The quantitative estimate of drug-likeness (QED) is 0.538. The number of primary amides is 1. The zero-order chi connectivity index (χ0) is 21.1. The number of hydrogen-bond donors (Lipinski definition) is 1. The van der Waals surface area contributed by atoms with E-state index in [0.717, 1.165) is 31.2 Å². The largest absolute Gasteiger partial charge is 0.367 e. The van der Waals surface area contributed by atoms with Gasteiger partial charge in [0, 0.05) is 26.6 Å². The van der Waals surface area contributed by atoms with Crippen molar-refractivity contribution in [1.29, 1.82) is 0 Å². The maximum absolute atomic E-state index is 13.2. The summed E-state index contributed by atoms with van der Waals surface area (Å²) >= 11 is 0. The molecule has 1 aliphatic rings. The van der Waals surface area contributed by atoms with E-state index in [0.29, 0.717) is 25.9 Å². The van der Waals surface area contributed by atoms with Crippen LogP contribution in [0.3, 0.4) is 0 Å². The number of methoxy groups -OCH3 is 1. The fourth-order valence-corrected chi connectivity index (χ4v) is 3.50. The van der Waals surface area contributed by atoms with Crippen LogP contribution in [0.1, 0.15) is 44.6 Å². The van der Waals surface area contributed by atoms with E-state index in [1.807, 2.05) is 37.3 Å². The van der Waals surface area contributed by atoms with E-state index in [-0.39, 0.29) is 18.8 Å². The maximum Gasteiger partial charge on any atom is 0.252 e. The highest BCUT2D eigenvalue weighted by molar-refractivity contribution is 5.83. The zero-order valence-electron chi connectivity index (χ0n) is 17.5. The summed E-state index contributed by atoms with van der Waals surface area (Å²) in [5, 5.41) is 0. The molecule has 1 aromatic rings. The molecule has 0 radical (unpaired) electrons. The van der Waals surface area contributed by atoms with Crippen molar-refractivity contribution in [3.05, 3.63) is 35.9 Å². The predicted octanol–water partition coefficient (Wildman–Crippen LogP) is 2.27. The first-order valence-electron chi connectivity index (χ1n) is 10.4. The summed E-state index contributed by atoms with van der Waals surface area (Å²) < 4.78 is 16.6. The molecule has 1 aliphatic heterocycles. The monoisotopic (exact) mass is 406 g/mol. The van der Waals surface area contributed by atoms with Crippen molar-refractivity contribution < 1.29 is 23.8 Å². The number of rotatable bonds is 12. The highest BCUT2D eigenvalue weighted by Gasteiger charge is 2.32. The number of amides is 2. The second kappa shape index (κ2) is 12.6. The normalized spacial score (nSPS) is 17.1. The molecule has 1 saturated heterocycles. The van der Waals surface area contributed by atoms with Gasteiger partial charge >= 0.3 is 0 Å². The second-order valence-electron chi connectivity index (χ2n) is 7.45. The molecule has 0 aliphatic carbocycles. The Hall–Kier alpha value is -1.96. The molecule has 0 bridgehead atoms. The lowest BCUT2D eigenvalue weighted by Crippen LogP contribution is -2.49. The lowest BCUT2D eigenvalue weighted by atomic mass is 10.0. The number of unbranched alkanes of at least 4 members (excludes halogenated alkanes) is 1. The molecule has 7 heteroatoms. The van der Waals surface area contributed by atoms with E-state index in [1.54, 1.807) is 12.0 Å². The van der Waals surface area contributed by atoms with Crippen molar-refractivity contribution in [2.24, 2.45) is 5.73 Å². The summed E-state index contributed by atoms with van der Waals surface area (Å²) in [6, 6.07) is 9.70. The van der Waals surface area contributed by atoms with Crippen molar-refractivity contribution in [3.63, 3.8) is 0 Å². The SMILES string of the molecule is CCCC[C@H](O[C@@H](Cc1ccccc1)C(=O)N1CCC(OCOC)CC1)C(N)=O. The van der Waals surface area contributed by atoms with Crippen LogP contribution in [0.25, 0.3) is 0 Å². The van der Waals surface area contributed by atoms with Crippen LogP contribution in [-0.2, 0) is 30.2 Å². The molecule has 1 fully saturated rings. The van der Waals surface area contributed by atoms with Gasteiger partial charge in [-0.05, 0) is 24.8 Å². The van der Waals surface area contributed by atoms with Gasteiger partial charge < -0.3 is 24.8 Å². The molecule has 0 spiro atoms. The van der Waals surface area contributed by atoms with Crippen LogP contribution in [0.5, 0.6) is 0 Å². The summed E-state index contributed by atoms with van der Waals surface area (Å²) in [4.78, 5) is 26.9. The van der Waals surface area contributed by atoms with E-state index < -0.39 is 18.1 Å². The molecule has 2 atom stereocenters. The Kier molecular flexibility index (Phi) is 10.1. The summed E-state index contributed by atoms with van der Waals surface area (Å²) in [5.74, 6) is -0.613. The fourth-order valence-electron chi connectivity index (χ4n) is 3.50. The fraction of sp³-hybridized carbons (Fsp3) is 0.636. The number of nitrogens with two attached hydrogens (primary N) is 1. The highest BCUT2D eigenvalue weighted by Crippen LogP contribution is 2.19. The van der Waals surface area contributed by atoms with Crippen molar-refractivity contribution in [1.82, 2.24) is 4.90 Å². The lowest BCUT2D eigenvalue weighted by molar-refractivity contribution is -0.155. The summed E-state index contributed by atoms with van der Waals surface area (Å²) in [6.45, 7) is 3.49. The summed E-state index contributed by atoms with van der Waals surface area (Å²) in [6.07, 6.45) is 2.80. The summed E-state index contributed by atoms with van der Waals surface area (Å²) in [5.41, 5.74) is 6.53. The van der Waals surface area contributed by atoms with Gasteiger partial charge in [-0.25, -0.2) is 0 Å². The minimum atomic E-state index is -0.754. The van der Waals surface area contributed by atoms with Gasteiger partial charge in [0.15, 0.2) is 0 Å². The van der Waals surface area contributed by atoms with Crippen LogP contribution in [0.15, 0.2) is 30.3 Å². The molecule has 2 amide bonds. The highest BCUT2D eigenvalue weighted by atomic mass is 16.7. The van der Waals surface area contributed by atoms with E-state index in [2.05, 4.69) is 0 Å². The molecule has 2 N–H and O–H groups in total. The molecule has 162 valence electrons. The van der Waals surface area contributed by atoms with Gasteiger partial charge in [-0.1, -0.05) is 50.1 Å². The van der Waals surface area contributed by atoms with Gasteiger partial charge in [0.2, 0.25) is 5.91 Å². The first kappa shape index (κ1) is 23.3. The molecule has 7 nitrogen and oxygen atoms in total. The van der Waals surface area contributed by atoms with Crippen LogP contribution >= 0.6 is 0 Å². The third-order valence-corrected chi connectivity index (χ3v) is 5.18. The van der Waals surface area contributed by atoms with Crippen LogP contribution in [-0.4, -0.2) is 62.0 Å². The van der Waals surface area contributed by atoms with Crippen molar-refractivity contribution in [2.45, 2.75) is 63.8 Å². The van der Waals surface area contributed by atoms with Crippen molar-refractivity contribution in [3.8, 4) is 0 Å². The number of nitrogens with zero attached hydrogens (tertiary/aromatic N) is 1. The molecule has 1 aromatic carbocycles. The average Bonchev–Trinajstić information content (AvgIpc) is 2.74. The predicted molar refractivity (Wildman–Crippen MR) is 110 cm³/mol. The number of ether oxygens (including phenoxy) is 3. The maximum atomic E-state index is 13.2. The van der Waals surface area contributed by atoms with Gasteiger partial charge in [0.25, 0.3) is 5.91 Å². The second-order valence-corrected chi connectivity index (χ2v) is 7.45. The molecule has 0 aromatic heterocycles. The number of likely N-dealkylation sites (tertiary alicyclic amines) is 1. The Morgan fingerprint density at radius 1 is 1.17 bits per heavy atom. The standard InChI is InChI=1S/C22H34N2O5/c1-3-4-10-19(21(23)25)29-20(15-17-8-6-5-7-9-17)22(26)24-13-11-18(12-14-24)28-16-27-2/h5-9,18-20H,3-4,10-16H2,1-2H3,(H2,23,25)/t19-,20-/m0/s1. The Bertz CT molecular complexity index is 617. The molecule has 0 saturated carbocycles.